The lowest BCUT2D eigenvalue weighted by atomic mass is 10.1. The van der Waals surface area contributed by atoms with Crippen molar-refractivity contribution in [3.05, 3.63) is 93.2 Å². The SMILES string of the molecule is Cc1nn(Cc2ccccc2)c(C)c1CNC(=O)c1nn(C(C)C)c(=O)c2ccccc12. The van der Waals surface area contributed by atoms with Crippen LogP contribution in [0.2, 0.25) is 0 Å². The molecule has 0 aliphatic rings. The Morgan fingerprint density at radius 2 is 1.62 bits per heavy atom. The number of hydrogen-bond donors (Lipinski definition) is 1. The molecule has 0 atom stereocenters. The summed E-state index contributed by atoms with van der Waals surface area (Å²) in [6, 6.07) is 17.1. The van der Waals surface area contributed by atoms with Crippen molar-refractivity contribution in [2.45, 2.75) is 46.8 Å². The van der Waals surface area contributed by atoms with Gasteiger partial charge < -0.3 is 5.32 Å². The summed E-state index contributed by atoms with van der Waals surface area (Å²) in [6.07, 6.45) is 0. The first-order valence-electron chi connectivity index (χ1n) is 10.7. The zero-order valence-corrected chi connectivity index (χ0v) is 18.8. The molecule has 0 spiro atoms. The molecule has 0 unspecified atom stereocenters. The second kappa shape index (κ2) is 8.78. The number of aryl methyl sites for hydroxylation is 1. The van der Waals surface area contributed by atoms with Crippen molar-refractivity contribution < 1.29 is 4.79 Å². The van der Waals surface area contributed by atoms with Crippen molar-refractivity contribution in [2.75, 3.05) is 0 Å². The summed E-state index contributed by atoms with van der Waals surface area (Å²) in [7, 11) is 0. The largest absolute Gasteiger partial charge is 0.346 e. The summed E-state index contributed by atoms with van der Waals surface area (Å²) in [6.45, 7) is 8.71. The summed E-state index contributed by atoms with van der Waals surface area (Å²) in [5.74, 6) is -0.315. The zero-order chi connectivity index (χ0) is 22.8. The van der Waals surface area contributed by atoms with Gasteiger partial charge in [0.2, 0.25) is 0 Å². The molecule has 2 aromatic heterocycles. The molecule has 0 aliphatic heterocycles. The third-order valence-electron chi connectivity index (χ3n) is 5.66. The lowest BCUT2D eigenvalue weighted by Gasteiger charge is -2.13. The molecule has 4 rings (SSSR count). The number of amides is 1. The number of benzene rings is 2. The Balaban J connectivity index is 1.60. The van der Waals surface area contributed by atoms with Gasteiger partial charge in [0, 0.05) is 23.2 Å². The highest BCUT2D eigenvalue weighted by Crippen LogP contribution is 2.17. The molecule has 7 heteroatoms. The quantitative estimate of drug-likeness (QED) is 0.506. The van der Waals surface area contributed by atoms with Gasteiger partial charge in [-0.05, 0) is 39.3 Å². The van der Waals surface area contributed by atoms with Crippen LogP contribution in [0.3, 0.4) is 0 Å². The summed E-state index contributed by atoms with van der Waals surface area (Å²) in [4.78, 5) is 25.8. The van der Waals surface area contributed by atoms with Crippen LogP contribution in [0, 0.1) is 13.8 Å². The van der Waals surface area contributed by atoms with Gasteiger partial charge in [0.15, 0.2) is 5.69 Å². The van der Waals surface area contributed by atoms with Crippen molar-refractivity contribution in [3.63, 3.8) is 0 Å². The monoisotopic (exact) mass is 429 g/mol. The Labute approximate surface area is 186 Å². The molecule has 0 saturated carbocycles. The Kier molecular flexibility index (Phi) is 5.90. The van der Waals surface area contributed by atoms with E-state index in [1.54, 1.807) is 18.2 Å². The van der Waals surface area contributed by atoms with Gasteiger partial charge in [0.05, 0.1) is 23.7 Å². The smallest absolute Gasteiger partial charge is 0.274 e. The minimum absolute atomic E-state index is 0.153. The Morgan fingerprint density at radius 1 is 0.969 bits per heavy atom. The standard InChI is InChI=1S/C25H27N5O2/c1-16(2)30-25(32)21-13-9-8-12-20(21)23(28-30)24(31)26-14-22-17(3)27-29(18(22)4)15-19-10-6-5-7-11-19/h5-13,16H,14-15H2,1-4H3,(H,26,31). The molecule has 32 heavy (non-hydrogen) atoms. The van der Waals surface area contributed by atoms with Crippen molar-refractivity contribution in [1.82, 2.24) is 24.9 Å². The van der Waals surface area contributed by atoms with E-state index >= 15 is 0 Å². The van der Waals surface area contributed by atoms with E-state index in [-0.39, 0.29) is 23.2 Å². The minimum atomic E-state index is -0.315. The Morgan fingerprint density at radius 3 is 2.31 bits per heavy atom. The molecule has 2 heterocycles. The fraction of sp³-hybridized carbons (Fsp3) is 0.280. The van der Waals surface area contributed by atoms with Crippen molar-refractivity contribution >= 4 is 16.7 Å². The number of nitrogens with zero attached hydrogens (tertiary/aromatic N) is 4. The Bertz CT molecular complexity index is 1340. The first kappa shape index (κ1) is 21.5. The number of hydrogen-bond acceptors (Lipinski definition) is 4. The minimum Gasteiger partial charge on any atom is -0.346 e. The van der Waals surface area contributed by atoms with Crippen molar-refractivity contribution in [2.24, 2.45) is 0 Å². The van der Waals surface area contributed by atoms with Crippen LogP contribution in [0.5, 0.6) is 0 Å². The zero-order valence-electron chi connectivity index (χ0n) is 18.8. The molecular formula is C25H27N5O2. The van der Waals surface area contributed by atoms with Crippen LogP contribution in [0.15, 0.2) is 59.4 Å². The van der Waals surface area contributed by atoms with Gasteiger partial charge in [0.1, 0.15) is 0 Å². The highest BCUT2D eigenvalue weighted by Gasteiger charge is 2.19. The maximum Gasteiger partial charge on any atom is 0.274 e. The third kappa shape index (κ3) is 4.06. The molecule has 0 bridgehead atoms. The lowest BCUT2D eigenvalue weighted by Crippen LogP contribution is -2.31. The molecule has 0 fully saturated rings. The van der Waals surface area contributed by atoms with E-state index in [2.05, 4.69) is 27.6 Å². The molecular weight excluding hydrogens is 402 g/mol. The summed E-state index contributed by atoms with van der Waals surface area (Å²) < 4.78 is 3.32. The van der Waals surface area contributed by atoms with Crippen LogP contribution in [-0.2, 0) is 13.1 Å². The molecule has 1 N–H and O–H groups in total. The van der Waals surface area contributed by atoms with Crippen LogP contribution in [0.1, 0.15) is 52.9 Å². The molecule has 2 aromatic carbocycles. The number of carbonyl (C=O) groups is 1. The van der Waals surface area contributed by atoms with E-state index in [0.717, 1.165) is 17.0 Å². The normalized spacial score (nSPS) is 11.3. The Hall–Kier alpha value is -3.74. The number of aromatic nitrogens is 4. The molecule has 0 saturated heterocycles. The van der Waals surface area contributed by atoms with Crippen molar-refractivity contribution in [1.29, 1.82) is 0 Å². The molecule has 0 radical (unpaired) electrons. The van der Waals surface area contributed by atoms with E-state index in [4.69, 9.17) is 0 Å². The molecule has 7 nitrogen and oxygen atoms in total. The number of rotatable bonds is 6. The average Bonchev–Trinajstić information content (AvgIpc) is 3.05. The van der Waals surface area contributed by atoms with Gasteiger partial charge in [-0.1, -0.05) is 48.5 Å². The van der Waals surface area contributed by atoms with Crippen LogP contribution in [0.25, 0.3) is 10.8 Å². The molecule has 4 aromatic rings. The summed E-state index contributed by atoms with van der Waals surface area (Å²) in [5, 5.41) is 13.1. The molecule has 164 valence electrons. The maximum absolute atomic E-state index is 13.1. The predicted octanol–water partition coefficient (Wildman–Crippen LogP) is 3.77. The summed E-state index contributed by atoms with van der Waals surface area (Å²) in [5.41, 5.74) is 4.10. The topological polar surface area (TPSA) is 81.8 Å². The van der Waals surface area contributed by atoms with Crippen LogP contribution in [-0.4, -0.2) is 25.5 Å². The fourth-order valence-electron chi connectivity index (χ4n) is 3.88. The van der Waals surface area contributed by atoms with E-state index in [1.807, 2.05) is 56.6 Å². The van der Waals surface area contributed by atoms with Gasteiger partial charge in [-0.15, -0.1) is 0 Å². The highest BCUT2D eigenvalue weighted by molar-refractivity contribution is 6.04. The second-order valence-corrected chi connectivity index (χ2v) is 8.21. The first-order chi connectivity index (χ1) is 15.4. The van der Waals surface area contributed by atoms with Gasteiger partial charge >= 0.3 is 0 Å². The molecule has 0 aliphatic carbocycles. The van der Waals surface area contributed by atoms with Gasteiger partial charge in [-0.25, -0.2) is 4.68 Å². The van der Waals surface area contributed by atoms with Gasteiger partial charge in [-0.2, -0.15) is 10.2 Å². The van der Waals surface area contributed by atoms with Crippen LogP contribution in [0.4, 0.5) is 0 Å². The number of nitrogens with one attached hydrogen (secondary N) is 1. The average molecular weight is 430 g/mol. The van der Waals surface area contributed by atoms with Crippen LogP contribution < -0.4 is 10.9 Å². The van der Waals surface area contributed by atoms with E-state index in [0.29, 0.717) is 23.9 Å². The lowest BCUT2D eigenvalue weighted by molar-refractivity contribution is 0.0945. The predicted molar refractivity (Wildman–Crippen MR) is 125 cm³/mol. The van der Waals surface area contributed by atoms with Crippen molar-refractivity contribution in [3.8, 4) is 0 Å². The van der Waals surface area contributed by atoms with E-state index in [9.17, 15) is 9.59 Å². The van der Waals surface area contributed by atoms with Gasteiger partial charge in [0.25, 0.3) is 11.5 Å². The maximum atomic E-state index is 13.1. The third-order valence-corrected chi connectivity index (χ3v) is 5.66. The number of fused-ring (bicyclic) bond motifs is 1. The van der Waals surface area contributed by atoms with E-state index in [1.165, 1.54) is 10.2 Å². The molecule has 1 amide bonds. The van der Waals surface area contributed by atoms with Gasteiger partial charge in [-0.3, -0.25) is 14.3 Å². The number of carbonyl (C=O) groups excluding carboxylic acids is 1. The summed E-state index contributed by atoms with van der Waals surface area (Å²) >= 11 is 0. The van der Waals surface area contributed by atoms with Crippen LogP contribution >= 0.6 is 0 Å². The fourth-order valence-corrected chi connectivity index (χ4v) is 3.88. The highest BCUT2D eigenvalue weighted by atomic mass is 16.2. The second-order valence-electron chi connectivity index (χ2n) is 8.21. The first-order valence-corrected chi connectivity index (χ1v) is 10.7. The van der Waals surface area contributed by atoms with E-state index < -0.39 is 0 Å².